The Kier molecular flexibility index (Phi) is 7.27. The SMILES string of the molecule is Cc1ccc(C(=O)NC2(C)C=NC(N3CCCCCC3)=CC2)cc1-c1ccc(C(F)(F)F)c(Cl)c1. The number of alkyl halides is 3. The summed E-state index contributed by atoms with van der Waals surface area (Å²) in [5.41, 5.74) is 0.900. The zero-order valence-electron chi connectivity index (χ0n) is 19.9. The molecule has 2 aromatic carbocycles. The first-order valence-corrected chi connectivity index (χ1v) is 12.2. The van der Waals surface area contributed by atoms with E-state index in [0.717, 1.165) is 30.5 Å². The highest BCUT2D eigenvalue weighted by atomic mass is 35.5. The molecule has 2 aliphatic heterocycles. The number of aliphatic imine (C=N–C) groups is 1. The van der Waals surface area contributed by atoms with Gasteiger partial charge in [-0.3, -0.25) is 4.79 Å². The smallest absolute Gasteiger partial charge is 0.357 e. The molecule has 2 heterocycles. The predicted molar refractivity (Wildman–Crippen MR) is 134 cm³/mol. The van der Waals surface area contributed by atoms with Gasteiger partial charge in [0.15, 0.2) is 0 Å². The van der Waals surface area contributed by atoms with Crippen LogP contribution in [-0.4, -0.2) is 35.7 Å². The van der Waals surface area contributed by atoms with Gasteiger partial charge in [-0.05, 0) is 80.1 Å². The van der Waals surface area contributed by atoms with Crippen molar-refractivity contribution in [3.8, 4) is 11.1 Å². The number of hydrogen-bond acceptors (Lipinski definition) is 3. The number of nitrogens with zero attached hydrogens (tertiary/aromatic N) is 2. The molecule has 0 bridgehead atoms. The maximum Gasteiger partial charge on any atom is 0.417 e. The van der Waals surface area contributed by atoms with Crippen LogP contribution in [0.15, 0.2) is 53.3 Å². The highest BCUT2D eigenvalue weighted by Crippen LogP contribution is 2.37. The molecule has 4 nitrogen and oxygen atoms in total. The largest absolute Gasteiger partial charge is 0.417 e. The normalized spacial score (nSPS) is 20.9. The van der Waals surface area contributed by atoms with Crippen LogP contribution in [0.3, 0.4) is 0 Å². The fourth-order valence-electron chi connectivity index (χ4n) is 4.53. The Morgan fingerprint density at radius 2 is 1.80 bits per heavy atom. The van der Waals surface area contributed by atoms with Crippen molar-refractivity contribution in [3.63, 3.8) is 0 Å². The monoisotopic (exact) mass is 503 g/mol. The third-order valence-electron chi connectivity index (χ3n) is 6.60. The molecule has 2 aromatic rings. The summed E-state index contributed by atoms with van der Waals surface area (Å²) in [6.07, 6.45) is 4.82. The molecule has 1 N–H and O–H groups in total. The molecule has 8 heteroatoms. The van der Waals surface area contributed by atoms with Gasteiger partial charge in [0.1, 0.15) is 5.82 Å². The lowest BCUT2D eigenvalue weighted by Crippen LogP contribution is -2.48. The van der Waals surface area contributed by atoms with Crippen LogP contribution in [0.2, 0.25) is 5.02 Å². The van der Waals surface area contributed by atoms with Crippen molar-refractivity contribution in [2.45, 2.75) is 57.7 Å². The summed E-state index contributed by atoms with van der Waals surface area (Å²) in [7, 11) is 0. The van der Waals surface area contributed by atoms with Crippen molar-refractivity contribution in [1.82, 2.24) is 10.2 Å². The minimum Gasteiger partial charge on any atom is -0.357 e. The van der Waals surface area contributed by atoms with E-state index >= 15 is 0 Å². The second kappa shape index (κ2) is 10.1. The van der Waals surface area contributed by atoms with E-state index in [-0.39, 0.29) is 10.9 Å². The summed E-state index contributed by atoms with van der Waals surface area (Å²) in [4.78, 5) is 20.1. The fraction of sp³-hybridized carbons (Fsp3) is 0.407. The van der Waals surface area contributed by atoms with Crippen molar-refractivity contribution in [2.75, 3.05) is 13.1 Å². The van der Waals surface area contributed by atoms with E-state index in [1.54, 1.807) is 24.4 Å². The third kappa shape index (κ3) is 5.89. The number of carbonyl (C=O) groups is 1. The molecule has 1 fully saturated rings. The van der Waals surface area contributed by atoms with Crippen LogP contribution in [0.5, 0.6) is 0 Å². The Balaban J connectivity index is 1.50. The third-order valence-corrected chi connectivity index (χ3v) is 6.92. The standard InChI is InChI=1S/C27H29ClF3N3O/c1-18-7-8-20(15-21(18)19-9-10-22(23(28)16-19)27(29,30)31)25(35)33-26(2)12-11-24(32-17-26)34-13-5-3-4-6-14-34/h7-11,15-17H,3-6,12-14H2,1-2H3,(H,33,35). The van der Waals surface area contributed by atoms with E-state index < -0.39 is 17.3 Å². The molecular weight excluding hydrogens is 475 g/mol. The highest BCUT2D eigenvalue weighted by Gasteiger charge is 2.33. The molecule has 186 valence electrons. The molecule has 2 aliphatic rings. The quantitative estimate of drug-likeness (QED) is 0.487. The Morgan fingerprint density at radius 3 is 2.40 bits per heavy atom. The molecule has 0 aliphatic carbocycles. The second-order valence-corrected chi connectivity index (χ2v) is 9.93. The van der Waals surface area contributed by atoms with Gasteiger partial charge in [-0.15, -0.1) is 0 Å². The lowest BCUT2D eigenvalue weighted by atomic mass is 9.94. The Bertz CT molecular complexity index is 1170. The number of hydrogen-bond donors (Lipinski definition) is 1. The second-order valence-electron chi connectivity index (χ2n) is 9.52. The Hall–Kier alpha value is -2.80. The number of nitrogens with one attached hydrogen (secondary N) is 1. The fourth-order valence-corrected chi connectivity index (χ4v) is 4.82. The Labute approximate surface area is 208 Å². The summed E-state index contributed by atoms with van der Waals surface area (Å²) < 4.78 is 39.3. The van der Waals surface area contributed by atoms with Crippen molar-refractivity contribution in [2.24, 2.45) is 4.99 Å². The zero-order valence-corrected chi connectivity index (χ0v) is 20.6. The minimum absolute atomic E-state index is 0.273. The number of halogens is 4. The van der Waals surface area contributed by atoms with Crippen LogP contribution in [0.4, 0.5) is 13.2 Å². The van der Waals surface area contributed by atoms with E-state index in [0.29, 0.717) is 23.1 Å². The molecule has 0 radical (unpaired) electrons. The van der Waals surface area contributed by atoms with Gasteiger partial charge in [0.2, 0.25) is 0 Å². The maximum absolute atomic E-state index is 13.1. The molecule has 0 saturated carbocycles. The summed E-state index contributed by atoms with van der Waals surface area (Å²) in [6.45, 7) is 5.78. The van der Waals surface area contributed by atoms with Crippen LogP contribution < -0.4 is 5.32 Å². The van der Waals surface area contributed by atoms with Gasteiger partial charge >= 0.3 is 6.18 Å². The van der Waals surface area contributed by atoms with Gasteiger partial charge in [-0.25, -0.2) is 4.99 Å². The van der Waals surface area contributed by atoms with Crippen molar-refractivity contribution >= 4 is 23.7 Å². The van der Waals surface area contributed by atoms with E-state index in [2.05, 4.69) is 21.3 Å². The lowest BCUT2D eigenvalue weighted by molar-refractivity contribution is -0.137. The average Bonchev–Trinajstić information content (AvgIpc) is 3.08. The van der Waals surface area contributed by atoms with Crippen LogP contribution in [0.25, 0.3) is 11.1 Å². The number of carbonyl (C=O) groups excluding carboxylic acids is 1. The summed E-state index contributed by atoms with van der Waals surface area (Å²) in [6, 6.07) is 8.82. The maximum atomic E-state index is 13.1. The summed E-state index contributed by atoms with van der Waals surface area (Å²) in [5.74, 6) is 0.695. The van der Waals surface area contributed by atoms with Crippen LogP contribution in [0.1, 0.15) is 60.5 Å². The van der Waals surface area contributed by atoms with Gasteiger partial charge in [0, 0.05) is 24.9 Å². The lowest BCUT2D eigenvalue weighted by Gasteiger charge is -2.32. The predicted octanol–water partition coefficient (Wildman–Crippen LogP) is 7.01. The molecule has 1 unspecified atom stereocenters. The van der Waals surface area contributed by atoms with Crippen molar-refractivity contribution < 1.29 is 18.0 Å². The number of amides is 1. The molecule has 35 heavy (non-hydrogen) atoms. The molecule has 0 spiro atoms. The number of benzene rings is 2. The van der Waals surface area contributed by atoms with Gasteiger partial charge in [0.25, 0.3) is 5.91 Å². The molecule has 1 amide bonds. The first kappa shape index (κ1) is 25.3. The minimum atomic E-state index is -4.52. The van der Waals surface area contributed by atoms with E-state index in [9.17, 15) is 18.0 Å². The first-order valence-electron chi connectivity index (χ1n) is 11.9. The van der Waals surface area contributed by atoms with Gasteiger partial charge in [-0.1, -0.05) is 36.6 Å². The van der Waals surface area contributed by atoms with E-state index in [4.69, 9.17) is 11.6 Å². The van der Waals surface area contributed by atoms with Crippen molar-refractivity contribution in [1.29, 1.82) is 0 Å². The average molecular weight is 504 g/mol. The number of rotatable bonds is 4. The molecule has 1 saturated heterocycles. The number of aryl methyl sites for hydroxylation is 1. The highest BCUT2D eigenvalue weighted by molar-refractivity contribution is 6.31. The van der Waals surface area contributed by atoms with Gasteiger partial charge < -0.3 is 10.2 Å². The van der Waals surface area contributed by atoms with Crippen molar-refractivity contribution in [3.05, 3.63) is 70.0 Å². The van der Waals surface area contributed by atoms with Gasteiger partial charge in [-0.2, -0.15) is 13.2 Å². The summed E-state index contributed by atoms with van der Waals surface area (Å²) in [5, 5.41) is 2.69. The molecule has 1 atom stereocenters. The first-order chi connectivity index (χ1) is 16.6. The van der Waals surface area contributed by atoms with E-state index in [1.165, 1.54) is 37.8 Å². The molecular formula is C27H29ClF3N3O. The van der Waals surface area contributed by atoms with Crippen LogP contribution in [0, 0.1) is 6.92 Å². The zero-order chi connectivity index (χ0) is 25.2. The molecule has 0 aromatic heterocycles. The topological polar surface area (TPSA) is 44.7 Å². The van der Waals surface area contributed by atoms with E-state index in [1.807, 2.05) is 13.8 Å². The Morgan fingerprint density at radius 1 is 1.09 bits per heavy atom. The number of likely N-dealkylation sites (tertiary alicyclic amines) is 1. The van der Waals surface area contributed by atoms with Gasteiger partial charge in [0.05, 0.1) is 16.1 Å². The van der Waals surface area contributed by atoms with Crippen LogP contribution in [-0.2, 0) is 6.18 Å². The molecule has 4 rings (SSSR count). The summed E-state index contributed by atoms with van der Waals surface area (Å²) >= 11 is 5.92. The van der Waals surface area contributed by atoms with Crippen LogP contribution >= 0.6 is 11.6 Å².